The van der Waals surface area contributed by atoms with Gasteiger partial charge >= 0.3 is 11.9 Å². The minimum atomic E-state index is -1.62. The number of aliphatic carboxylic acids is 1. The smallest absolute Gasteiger partial charge is 0.329 e. The van der Waals surface area contributed by atoms with Gasteiger partial charge in [0.15, 0.2) is 18.4 Å². The highest BCUT2D eigenvalue weighted by Gasteiger charge is 2.66. The number of hydrogen-bond donors (Lipinski definition) is 4. The molecule has 0 spiro atoms. The van der Waals surface area contributed by atoms with Crippen LogP contribution in [0.4, 0.5) is 0 Å². The van der Waals surface area contributed by atoms with Crippen LogP contribution in [0.3, 0.4) is 0 Å². The zero-order valence-electron chi connectivity index (χ0n) is 25.4. The van der Waals surface area contributed by atoms with E-state index in [0.717, 1.165) is 25.7 Å². The van der Waals surface area contributed by atoms with Gasteiger partial charge in [0, 0.05) is 18.3 Å². The summed E-state index contributed by atoms with van der Waals surface area (Å²) in [5.41, 5.74) is -0.714. The summed E-state index contributed by atoms with van der Waals surface area (Å²) in [6, 6.07) is 6.44. The summed E-state index contributed by atoms with van der Waals surface area (Å²) in [6.07, 6.45) is 5.34. The highest BCUT2D eigenvalue weighted by molar-refractivity contribution is 5.92. The van der Waals surface area contributed by atoms with Crippen LogP contribution in [0.2, 0.25) is 0 Å². The summed E-state index contributed by atoms with van der Waals surface area (Å²) < 4.78 is 5.20. The zero-order valence-corrected chi connectivity index (χ0v) is 25.4. The number of amides is 1. The number of fused-ring (bicyclic) bond motifs is 5. The lowest BCUT2D eigenvalue weighted by Crippen LogP contribution is -2.58. The van der Waals surface area contributed by atoms with Crippen molar-refractivity contribution in [2.24, 2.45) is 28.6 Å². The number of ether oxygens (including phenoxy) is 1. The molecule has 4 aliphatic carbocycles. The number of carboxylic acid groups (broad SMARTS) is 1. The molecule has 3 fully saturated rings. The molecular formula is C34H43NO9. The molecular weight excluding hydrogens is 566 g/mol. The van der Waals surface area contributed by atoms with Crippen molar-refractivity contribution in [1.82, 2.24) is 5.32 Å². The molecule has 44 heavy (non-hydrogen) atoms. The maximum atomic E-state index is 13.4. The molecule has 0 bridgehead atoms. The standard InChI is InChI=1S/C34H43NO9/c1-32-15-12-22(36)18-21(32)8-9-23-24(32)13-16-33(2)25(23)14-17-34(33,43)26(37)19-44-28(39)11-10-27(38)35-29(31(41)42)30(40)20-6-4-3-5-7-20/h3-7,18,23-25,29-30,40,43H,8-17,19H2,1-2H3,(H,35,38)(H,41,42)/t23-,24+,25-,29-,30+,32-,33-,34-/m0/s1. The molecule has 1 aromatic rings. The average Bonchev–Trinajstić information content (AvgIpc) is 3.29. The highest BCUT2D eigenvalue weighted by Crippen LogP contribution is 2.67. The van der Waals surface area contributed by atoms with Crippen molar-refractivity contribution in [3.05, 3.63) is 47.5 Å². The normalized spacial score (nSPS) is 34.0. The lowest BCUT2D eigenvalue weighted by atomic mass is 9.46. The maximum absolute atomic E-state index is 13.4. The minimum Gasteiger partial charge on any atom is -0.480 e. The molecule has 0 heterocycles. The van der Waals surface area contributed by atoms with Crippen molar-refractivity contribution in [2.45, 2.75) is 95.8 Å². The second-order valence-electron chi connectivity index (χ2n) is 13.6. The fraction of sp³-hybridized carbons (Fsp3) is 0.618. The van der Waals surface area contributed by atoms with Gasteiger partial charge in [0.25, 0.3) is 0 Å². The number of aliphatic hydroxyl groups is 2. The predicted molar refractivity (Wildman–Crippen MR) is 158 cm³/mol. The fourth-order valence-electron chi connectivity index (χ4n) is 8.95. The Labute approximate surface area is 257 Å². The van der Waals surface area contributed by atoms with Gasteiger partial charge in [0.2, 0.25) is 11.7 Å². The first-order valence-electron chi connectivity index (χ1n) is 15.7. The Morgan fingerprint density at radius 2 is 1.68 bits per heavy atom. The van der Waals surface area contributed by atoms with E-state index in [1.54, 1.807) is 18.2 Å². The van der Waals surface area contributed by atoms with Gasteiger partial charge in [0.05, 0.1) is 6.42 Å². The van der Waals surface area contributed by atoms with Gasteiger partial charge in [-0.1, -0.05) is 49.8 Å². The molecule has 0 radical (unpaired) electrons. The number of carbonyl (C=O) groups is 5. The molecule has 5 rings (SSSR count). The molecule has 1 aromatic carbocycles. The SMILES string of the molecule is C[C@]12CCC(=O)C=C1CC[C@H]1[C@H]2CC[C@@]2(C)[C@H]1CC[C@]2(O)C(=O)COC(=O)CCC(=O)N[C@H](C(=O)O)[C@H](O)c1ccccc1. The quantitative estimate of drug-likeness (QED) is 0.291. The second-order valence-corrected chi connectivity index (χ2v) is 13.6. The Kier molecular flexibility index (Phi) is 8.88. The van der Waals surface area contributed by atoms with E-state index in [0.29, 0.717) is 43.1 Å². The molecule has 0 saturated heterocycles. The molecule has 1 amide bonds. The summed E-state index contributed by atoms with van der Waals surface area (Å²) in [5, 5.41) is 34.0. The van der Waals surface area contributed by atoms with E-state index in [9.17, 15) is 39.3 Å². The van der Waals surface area contributed by atoms with E-state index in [1.807, 2.05) is 13.0 Å². The van der Waals surface area contributed by atoms with E-state index in [2.05, 4.69) is 12.2 Å². The molecule has 4 aliphatic rings. The number of nitrogens with one attached hydrogen (secondary N) is 1. The fourth-order valence-corrected chi connectivity index (χ4v) is 8.95. The number of carboxylic acids is 1. The number of rotatable bonds is 10. The minimum absolute atomic E-state index is 0.0190. The molecule has 4 N–H and O–H groups in total. The number of Topliss-reactive ketones (excluding diaryl/α,β-unsaturated/α-hetero) is 1. The summed E-state index contributed by atoms with van der Waals surface area (Å²) >= 11 is 0. The summed E-state index contributed by atoms with van der Waals surface area (Å²) in [7, 11) is 0. The molecule has 10 nitrogen and oxygen atoms in total. The Balaban J connectivity index is 1.14. The Hall–Kier alpha value is -3.37. The number of hydrogen-bond acceptors (Lipinski definition) is 8. The van der Waals surface area contributed by atoms with E-state index in [-0.39, 0.29) is 17.1 Å². The van der Waals surface area contributed by atoms with Crippen LogP contribution in [0.15, 0.2) is 42.0 Å². The van der Waals surface area contributed by atoms with Crippen LogP contribution in [-0.2, 0) is 28.7 Å². The van der Waals surface area contributed by atoms with E-state index < -0.39 is 66.2 Å². The van der Waals surface area contributed by atoms with Gasteiger partial charge in [-0.15, -0.1) is 0 Å². The third kappa shape index (κ3) is 5.62. The number of allylic oxidation sites excluding steroid dienone is 1. The van der Waals surface area contributed by atoms with Crippen LogP contribution in [0, 0.1) is 28.6 Å². The van der Waals surface area contributed by atoms with Gasteiger partial charge in [-0.25, -0.2) is 4.79 Å². The van der Waals surface area contributed by atoms with Crippen molar-refractivity contribution >= 4 is 29.4 Å². The topological polar surface area (TPSA) is 167 Å². The van der Waals surface area contributed by atoms with Crippen LogP contribution in [-0.4, -0.2) is 63.0 Å². The number of esters is 1. The van der Waals surface area contributed by atoms with Gasteiger partial charge < -0.3 is 25.4 Å². The molecule has 0 unspecified atom stereocenters. The van der Waals surface area contributed by atoms with Crippen LogP contribution in [0.5, 0.6) is 0 Å². The highest BCUT2D eigenvalue weighted by atomic mass is 16.5. The van der Waals surface area contributed by atoms with Crippen LogP contribution in [0.1, 0.15) is 89.7 Å². The van der Waals surface area contributed by atoms with Crippen LogP contribution < -0.4 is 5.32 Å². The monoisotopic (exact) mass is 609 g/mol. The lowest BCUT2D eigenvalue weighted by Gasteiger charge is -2.58. The van der Waals surface area contributed by atoms with E-state index >= 15 is 0 Å². The molecule has 238 valence electrons. The lowest BCUT2D eigenvalue weighted by molar-refractivity contribution is -0.170. The van der Waals surface area contributed by atoms with E-state index in [1.165, 1.54) is 17.7 Å². The first kappa shape index (κ1) is 32.0. The van der Waals surface area contributed by atoms with Crippen molar-refractivity contribution in [2.75, 3.05) is 6.61 Å². The molecule has 0 aliphatic heterocycles. The second kappa shape index (κ2) is 12.2. The van der Waals surface area contributed by atoms with Gasteiger partial charge in [-0.05, 0) is 79.8 Å². The average molecular weight is 610 g/mol. The third-order valence-corrected chi connectivity index (χ3v) is 11.5. The van der Waals surface area contributed by atoms with Crippen molar-refractivity contribution in [1.29, 1.82) is 0 Å². The first-order chi connectivity index (χ1) is 20.8. The van der Waals surface area contributed by atoms with Gasteiger partial charge in [0.1, 0.15) is 11.7 Å². The summed E-state index contributed by atoms with van der Waals surface area (Å²) in [4.78, 5) is 62.1. The molecule has 8 atom stereocenters. The summed E-state index contributed by atoms with van der Waals surface area (Å²) in [5.74, 6) is -2.44. The predicted octanol–water partition coefficient (Wildman–Crippen LogP) is 3.44. The van der Waals surface area contributed by atoms with Gasteiger partial charge in [-0.3, -0.25) is 19.2 Å². The Morgan fingerprint density at radius 3 is 2.39 bits per heavy atom. The largest absolute Gasteiger partial charge is 0.480 e. The molecule has 0 aromatic heterocycles. The van der Waals surface area contributed by atoms with Crippen molar-refractivity contribution in [3.8, 4) is 0 Å². The zero-order chi connectivity index (χ0) is 31.9. The first-order valence-corrected chi connectivity index (χ1v) is 15.7. The van der Waals surface area contributed by atoms with Crippen molar-refractivity contribution < 1.29 is 44.0 Å². The number of aliphatic hydroxyl groups excluding tert-OH is 1. The van der Waals surface area contributed by atoms with Crippen molar-refractivity contribution in [3.63, 3.8) is 0 Å². The molecule has 3 saturated carbocycles. The Morgan fingerprint density at radius 1 is 0.977 bits per heavy atom. The molecule has 10 heteroatoms. The van der Waals surface area contributed by atoms with E-state index in [4.69, 9.17) is 4.74 Å². The maximum Gasteiger partial charge on any atom is 0.329 e. The van der Waals surface area contributed by atoms with Gasteiger partial charge in [-0.2, -0.15) is 0 Å². The number of carbonyl (C=O) groups excluding carboxylic acids is 4. The third-order valence-electron chi connectivity index (χ3n) is 11.5. The number of benzene rings is 1. The number of ketones is 2. The van der Waals surface area contributed by atoms with Crippen LogP contribution >= 0.6 is 0 Å². The summed E-state index contributed by atoms with van der Waals surface area (Å²) in [6.45, 7) is 3.67. The van der Waals surface area contributed by atoms with Crippen LogP contribution in [0.25, 0.3) is 0 Å². The Bertz CT molecular complexity index is 1360.